The van der Waals surface area contributed by atoms with Crippen LogP contribution in [0.4, 0.5) is 5.95 Å². The number of piperazine rings is 1. The van der Waals surface area contributed by atoms with Crippen molar-refractivity contribution < 1.29 is 4.79 Å². The van der Waals surface area contributed by atoms with Crippen molar-refractivity contribution in [3.8, 4) is 0 Å². The number of anilines is 1. The van der Waals surface area contributed by atoms with Crippen LogP contribution in [0.15, 0.2) is 12.3 Å². The van der Waals surface area contributed by atoms with Crippen molar-refractivity contribution in [3.05, 3.63) is 18.0 Å². The molecule has 2 aromatic rings. The zero-order chi connectivity index (χ0) is 25.5. The third-order valence-corrected chi connectivity index (χ3v) is 10.8. The van der Waals surface area contributed by atoms with Gasteiger partial charge >= 0.3 is 0 Å². The van der Waals surface area contributed by atoms with Crippen molar-refractivity contribution >= 4 is 22.8 Å². The van der Waals surface area contributed by atoms with Gasteiger partial charge in [0.25, 0.3) is 0 Å². The van der Waals surface area contributed by atoms with Crippen molar-refractivity contribution in [2.24, 2.45) is 5.92 Å². The Kier molecular flexibility index (Phi) is 6.93. The van der Waals surface area contributed by atoms with Gasteiger partial charge in [0.05, 0.1) is 5.69 Å². The topological polar surface area (TPSA) is 66.3 Å². The molecule has 0 atom stereocenters. The third kappa shape index (κ3) is 4.78. The van der Waals surface area contributed by atoms with Crippen LogP contribution in [0.3, 0.4) is 0 Å². The molecule has 206 valence electrons. The molecule has 1 saturated heterocycles. The van der Waals surface area contributed by atoms with Crippen LogP contribution < -0.4 is 5.32 Å². The minimum absolute atomic E-state index is 0.0774. The number of aromatic nitrogens is 3. The number of hydrogen-bond acceptors (Lipinski definition) is 6. The minimum Gasteiger partial charge on any atom is -0.351 e. The number of hydrogen-bond donors (Lipinski definition) is 1. The first-order chi connectivity index (χ1) is 18.7. The number of carbonyl (C=O) groups is 1. The van der Waals surface area contributed by atoms with E-state index in [2.05, 4.69) is 25.8 Å². The van der Waals surface area contributed by atoms with Gasteiger partial charge in [0.15, 0.2) is 5.78 Å². The molecule has 2 aromatic heterocycles. The van der Waals surface area contributed by atoms with E-state index in [1.807, 2.05) is 6.20 Å². The lowest BCUT2D eigenvalue weighted by atomic mass is 9.75. The zero-order valence-corrected chi connectivity index (χ0v) is 23.2. The highest BCUT2D eigenvalue weighted by Crippen LogP contribution is 2.45. The number of nitrogens with zero attached hydrogens (tertiary/aromatic N) is 5. The van der Waals surface area contributed by atoms with E-state index in [9.17, 15) is 4.79 Å². The van der Waals surface area contributed by atoms with Crippen LogP contribution in [-0.2, 0) is 5.54 Å². The van der Waals surface area contributed by atoms with E-state index in [4.69, 9.17) is 9.97 Å². The summed E-state index contributed by atoms with van der Waals surface area (Å²) in [5, 5.41) is 4.71. The molecule has 1 N–H and O–H groups in total. The largest absolute Gasteiger partial charge is 0.351 e. The fourth-order valence-corrected chi connectivity index (χ4v) is 8.65. The molecule has 0 unspecified atom stereocenters. The molecular formula is C31H46N6O. The first-order valence-electron chi connectivity index (χ1n) is 15.8. The molecule has 7 rings (SSSR count). The standard InChI is InChI=1S/C31H46N6O/c38-28-12-15-31(13-4-1-5-14-31)37-27(28)20-24-21-32-30(34-29(24)37)33-25-8-10-26(11-9-25)36-18-16-35(17-19-36)22-23-6-2-3-7-23/h20-21,23,25-26H,1-19,22H2,(H,32,33,34). The first kappa shape index (κ1) is 25.0. The van der Waals surface area contributed by atoms with E-state index in [0.717, 1.165) is 41.1 Å². The number of carbonyl (C=O) groups excluding carboxylic acids is 1. The highest BCUT2D eigenvalue weighted by atomic mass is 16.1. The van der Waals surface area contributed by atoms with Crippen LogP contribution in [0, 0.1) is 5.92 Å². The molecule has 4 fully saturated rings. The molecule has 38 heavy (non-hydrogen) atoms. The fraction of sp³-hybridized carbons (Fsp3) is 0.774. The summed E-state index contributed by atoms with van der Waals surface area (Å²) in [6, 6.07) is 3.23. The molecule has 7 nitrogen and oxygen atoms in total. The van der Waals surface area contributed by atoms with Crippen molar-refractivity contribution in [3.63, 3.8) is 0 Å². The Morgan fingerprint density at radius 3 is 2.42 bits per heavy atom. The maximum Gasteiger partial charge on any atom is 0.224 e. The van der Waals surface area contributed by atoms with Crippen LogP contribution in [-0.4, -0.2) is 74.9 Å². The summed E-state index contributed by atoms with van der Waals surface area (Å²) in [6.07, 6.45) is 20.5. The smallest absolute Gasteiger partial charge is 0.224 e. The summed E-state index contributed by atoms with van der Waals surface area (Å²) in [7, 11) is 0. The lowest BCUT2D eigenvalue weighted by molar-refractivity contribution is 0.0699. The number of nitrogens with one attached hydrogen (secondary N) is 1. The van der Waals surface area contributed by atoms with Crippen molar-refractivity contribution in [1.29, 1.82) is 0 Å². The van der Waals surface area contributed by atoms with E-state index in [0.29, 0.717) is 12.5 Å². The third-order valence-electron chi connectivity index (χ3n) is 10.8. The molecule has 3 aliphatic carbocycles. The second kappa shape index (κ2) is 10.5. The Morgan fingerprint density at radius 1 is 0.895 bits per heavy atom. The SMILES string of the molecule is O=C1CCC2(CCCCC2)n2c1cc1cnc(NC3CCC(N4CCN(CC5CCCC5)CC4)CC3)nc12. The first-order valence-corrected chi connectivity index (χ1v) is 15.8. The van der Waals surface area contributed by atoms with Gasteiger partial charge in [-0.25, -0.2) is 4.98 Å². The lowest BCUT2D eigenvalue weighted by Crippen LogP contribution is -2.52. The van der Waals surface area contributed by atoms with Gasteiger partial charge in [-0.3, -0.25) is 9.69 Å². The number of Topliss-reactive ketones (excluding diaryl/α,β-unsaturated/α-hetero) is 1. The van der Waals surface area contributed by atoms with E-state index in [1.165, 1.54) is 116 Å². The minimum atomic E-state index is 0.0774. The van der Waals surface area contributed by atoms with E-state index in [-0.39, 0.29) is 11.3 Å². The van der Waals surface area contributed by atoms with Gasteiger partial charge in [-0.05, 0) is 69.8 Å². The average molecular weight is 519 g/mol. The number of rotatable bonds is 5. The monoisotopic (exact) mass is 518 g/mol. The summed E-state index contributed by atoms with van der Waals surface area (Å²) in [5.41, 5.74) is 1.91. The summed E-state index contributed by atoms with van der Waals surface area (Å²) < 4.78 is 2.34. The predicted octanol–water partition coefficient (Wildman–Crippen LogP) is 5.60. The Morgan fingerprint density at radius 2 is 1.66 bits per heavy atom. The van der Waals surface area contributed by atoms with Gasteiger partial charge in [-0.1, -0.05) is 32.1 Å². The fourth-order valence-electron chi connectivity index (χ4n) is 8.65. The van der Waals surface area contributed by atoms with Gasteiger partial charge < -0.3 is 14.8 Å². The molecule has 1 spiro atoms. The van der Waals surface area contributed by atoms with Gasteiger partial charge in [-0.2, -0.15) is 4.98 Å². The maximum atomic E-state index is 12.8. The molecule has 7 heteroatoms. The molecule has 0 aromatic carbocycles. The van der Waals surface area contributed by atoms with E-state index < -0.39 is 0 Å². The molecular weight excluding hydrogens is 472 g/mol. The van der Waals surface area contributed by atoms with Crippen LogP contribution in [0.5, 0.6) is 0 Å². The highest BCUT2D eigenvalue weighted by Gasteiger charge is 2.41. The molecule has 0 radical (unpaired) electrons. The lowest BCUT2D eigenvalue weighted by Gasteiger charge is -2.43. The van der Waals surface area contributed by atoms with Gasteiger partial charge in [0, 0.05) is 68.4 Å². The van der Waals surface area contributed by atoms with Crippen LogP contribution in [0.25, 0.3) is 11.0 Å². The van der Waals surface area contributed by atoms with Gasteiger partial charge in [0.1, 0.15) is 5.65 Å². The second-order valence-corrected chi connectivity index (χ2v) is 13.2. The van der Waals surface area contributed by atoms with Crippen LogP contribution >= 0.6 is 0 Å². The Labute approximate surface area is 227 Å². The summed E-state index contributed by atoms with van der Waals surface area (Å²) in [6.45, 7) is 6.35. The van der Waals surface area contributed by atoms with Crippen molar-refractivity contribution in [2.75, 3.05) is 38.0 Å². The van der Waals surface area contributed by atoms with Crippen LogP contribution in [0.1, 0.15) is 107 Å². The highest BCUT2D eigenvalue weighted by molar-refractivity contribution is 6.00. The quantitative estimate of drug-likeness (QED) is 0.556. The Balaban J connectivity index is 0.977. The second-order valence-electron chi connectivity index (χ2n) is 13.2. The van der Waals surface area contributed by atoms with E-state index in [1.54, 1.807) is 0 Å². The normalized spacial score (nSPS) is 29.2. The van der Waals surface area contributed by atoms with Gasteiger partial charge in [-0.15, -0.1) is 0 Å². The molecule has 0 amide bonds. The molecule has 3 saturated carbocycles. The molecule has 2 aliphatic heterocycles. The maximum absolute atomic E-state index is 12.8. The van der Waals surface area contributed by atoms with Crippen molar-refractivity contribution in [1.82, 2.24) is 24.3 Å². The molecule has 0 bridgehead atoms. The van der Waals surface area contributed by atoms with Crippen LogP contribution in [0.2, 0.25) is 0 Å². The van der Waals surface area contributed by atoms with Crippen molar-refractivity contribution in [2.45, 2.75) is 114 Å². The zero-order valence-electron chi connectivity index (χ0n) is 23.2. The summed E-state index contributed by atoms with van der Waals surface area (Å²) >= 11 is 0. The average Bonchev–Trinajstić information content (AvgIpc) is 3.61. The number of fused-ring (bicyclic) bond motifs is 4. The Bertz CT molecular complexity index is 1130. The molecule has 5 aliphatic rings. The predicted molar refractivity (Wildman–Crippen MR) is 152 cm³/mol. The van der Waals surface area contributed by atoms with E-state index >= 15 is 0 Å². The number of ketones is 1. The van der Waals surface area contributed by atoms with Gasteiger partial charge in [0.2, 0.25) is 5.95 Å². The summed E-state index contributed by atoms with van der Waals surface area (Å²) in [4.78, 5) is 28.1. The molecule has 4 heterocycles. The summed E-state index contributed by atoms with van der Waals surface area (Å²) in [5.74, 6) is 1.98. The Hall–Kier alpha value is -1.99.